The normalized spacial score (nSPS) is 11.7. The van der Waals surface area contributed by atoms with Crippen LogP contribution in [-0.2, 0) is 30.8 Å². The second-order valence-electron chi connectivity index (χ2n) is 3.77. The van der Waals surface area contributed by atoms with Crippen molar-refractivity contribution in [3.05, 3.63) is 12.4 Å². The number of carboxylic acids is 1. The molecule has 10 heteroatoms. The van der Waals surface area contributed by atoms with E-state index >= 15 is 0 Å². The first-order valence-corrected chi connectivity index (χ1v) is 7.24. The Morgan fingerprint density at radius 2 is 2.20 bits per heavy atom. The molecule has 20 heavy (non-hydrogen) atoms. The van der Waals surface area contributed by atoms with Crippen molar-refractivity contribution in [1.29, 1.82) is 0 Å². The number of hydrogen-bond acceptors (Lipinski definition) is 6. The number of carboxylic acid groups (broad SMARTS) is 1. The molecule has 114 valence electrons. The average molecular weight is 307 g/mol. The van der Waals surface area contributed by atoms with Gasteiger partial charge in [0, 0.05) is 19.9 Å². The molecule has 0 fully saturated rings. The second-order valence-corrected chi connectivity index (χ2v) is 5.54. The fourth-order valence-corrected chi connectivity index (χ4v) is 2.25. The van der Waals surface area contributed by atoms with Crippen molar-refractivity contribution in [3.8, 4) is 0 Å². The summed E-state index contributed by atoms with van der Waals surface area (Å²) in [4.78, 5) is 10.4. The van der Waals surface area contributed by atoms with Gasteiger partial charge in [0.15, 0.2) is 0 Å². The zero-order valence-electron chi connectivity index (χ0n) is 11.0. The lowest BCUT2D eigenvalue weighted by molar-refractivity contribution is -0.137. The Morgan fingerprint density at radius 1 is 1.45 bits per heavy atom. The fourth-order valence-electron chi connectivity index (χ4n) is 1.28. The van der Waals surface area contributed by atoms with Crippen molar-refractivity contribution in [1.82, 2.24) is 14.5 Å². The number of sulfonamides is 1. The van der Waals surface area contributed by atoms with Crippen LogP contribution in [0.1, 0.15) is 0 Å². The summed E-state index contributed by atoms with van der Waals surface area (Å²) in [7, 11) is -2.16. The van der Waals surface area contributed by atoms with Crippen LogP contribution < -0.4 is 4.72 Å². The van der Waals surface area contributed by atoms with E-state index in [1.807, 2.05) is 0 Å². The molecule has 0 saturated heterocycles. The number of aliphatic carboxylic acids is 1. The van der Waals surface area contributed by atoms with E-state index < -0.39 is 22.5 Å². The summed E-state index contributed by atoms with van der Waals surface area (Å²) in [5.41, 5.74) is 0. The lowest BCUT2D eigenvalue weighted by Crippen LogP contribution is -2.27. The Labute approximate surface area is 116 Å². The standard InChI is InChI=1S/C10H17N3O6S/c1-18-4-5-19-3-2-12-20(16,17)9-6-11-13(7-9)8-10(14)15/h6-7,12H,2-5,8H2,1H3,(H,14,15). The Bertz CT molecular complexity index is 527. The van der Waals surface area contributed by atoms with Crippen LogP contribution >= 0.6 is 0 Å². The molecule has 1 heterocycles. The molecule has 0 aliphatic carbocycles. The summed E-state index contributed by atoms with van der Waals surface area (Å²) in [5, 5.41) is 12.2. The highest BCUT2D eigenvalue weighted by molar-refractivity contribution is 7.89. The molecule has 0 radical (unpaired) electrons. The van der Waals surface area contributed by atoms with Gasteiger partial charge in [0.2, 0.25) is 10.0 Å². The van der Waals surface area contributed by atoms with E-state index in [9.17, 15) is 13.2 Å². The minimum atomic E-state index is -3.71. The predicted molar refractivity (Wildman–Crippen MR) is 67.7 cm³/mol. The van der Waals surface area contributed by atoms with Crippen LogP contribution in [0.15, 0.2) is 17.3 Å². The number of aromatic nitrogens is 2. The third kappa shape index (κ3) is 5.65. The Morgan fingerprint density at radius 3 is 2.85 bits per heavy atom. The van der Waals surface area contributed by atoms with Crippen LogP contribution in [0.4, 0.5) is 0 Å². The van der Waals surface area contributed by atoms with Gasteiger partial charge in [-0.15, -0.1) is 0 Å². The van der Waals surface area contributed by atoms with E-state index in [0.29, 0.717) is 13.2 Å². The molecular weight excluding hydrogens is 290 g/mol. The summed E-state index contributed by atoms with van der Waals surface area (Å²) in [6, 6.07) is 0. The molecule has 0 amide bonds. The fraction of sp³-hybridized carbons (Fsp3) is 0.600. The summed E-state index contributed by atoms with van der Waals surface area (Å²) in [6.07, 6.45) is 2.25. The topological polar surface area (TPSA) is 120 Å². The van der Waals surface area contributed by atoms with Crippen LogP contribution in [0.5, 0.6) is 0 Å². The number of carbonyl (C=O) groups is 1. The molecule has 9 nitrogen and oxygen atoms in total. The summed E-state index contributed by atoms with van der Waals surface area (Å²) in [5.74, 6) is -1.10. The van der Waals surface area contributed by atoms with Crippen LogP contribution in [0.3, 0.4) is 0 Å². The summed E-state index contributed by atoms with van der Waals surface area (Å²) >= 11 is 0. The van der Waals surface area contributed by atoms with Crippen molar-refractivity contribution in [2.45, 2.75) is 11.4 Å². The highest BCUT2D eigenvalue weighted by atomic mass is 32.2. The number of hydrogen-bond donors (Lipinski definition) is 2. The number of rotatable bonds is 10. The molecule has 2 N–H and O–H groups in total. The van der Waals surface area contributed by atoms with Gasteiger partial charge in [-0.25, -0.2) is 13.1 Å². The van der Waals surface area contributed by atoms with Crippen LogP contribution in [0.25, 0.3) is 0 Å². The molecule has 0 aliphatic heterocycles. The number of nitrogens with zero attached hydrogens (tertiary/aromatic N) is 2. The molecule has 0 atom stereocenters. The first-order chi connectivity index (χ1) is 9.45. The zero-order valence-corrected chi connectivity index (χ0v) is 11.8. The van der Waals surface area contributed by atoms with Gasteiger partial charge in [-0.2, -0.15) is 5.10 Å². The Balaban J connectivity index is 2.43. The first-order valence-electron chi connectivity index (χ1n) is 5.76. The smallest absolute Gasteiger partial charge is 0.325 e. The van der Waals surface area contributed by atoms with Crippen molar-refractivity contribution < 1.29 is 27.8 Å². The average Bonchev–Trinajstić information content (AvgIpc) is 2.82. The van der Waals surface area contributed by atoms with E-state index in [1.165, 1.54) is 0 Å². The van der Waals surface area contributed by atoms with Crippen molar-refractivity contribution >= 4 is 16.0 Å². The van der Waals surface area contributed by atoms with E-state index in [-0.39, 0.29) is 18.0 Å². The number of nitrogens with one attached hydrogen (secondary N) is 1. The van der Waals surface area contributed by atoms with Crippen molar-refractivity contribution in [2.24, 2.45) is 0 Å². The molecule has 0 bridgehead atoms. The largest absolute Gasteiger partial charge is 0.480 e. The maximum atomic E-state index is 11.8. The van der Waals surface area contributed by atoms with E-state index in [4.69, 9.17) is 14.6 Å². The number of ether oxygens (including phenoxy) is 2. The minimum Gasteiger partial charge on any atom is -0.480 e. The van der Waals surface area contributed by atoms with E-state index in [1.54, 1.807) is 7.11 Å². The van der Waals surface area contributed by atoms with Gasteiger partial charge in [0.1, 0.15) is 11.4 Å². The molecule has 0 aliphatic rings. The second kappa shape index (κ2) is 7.94. The van der Waals surface area contributed by atoms with Gasteiger partial charge in [0.05, 0.1) is 26.0 Å². The summed E-state index contributed by atoms with van der Waals surface area (Å²) < 4.78 is 36.9. The quantitative estimate of drug-likeness (QED) is 0.527. The van der Waals surface area contributed by atoms with Gasteiger partial charge in [-0.05, 0) is 0 Å². The Kier molecular flexibility index (Phi) is 6.58. The molecular formula is C10H17N3O6S. The third-order valence-corrected chi connectivity index (χ3v) is 3.60. The molecule has 0 spiro atoms. The lowest BCUT2D eigenvalue weighted by Gasteiger charge is -2.05. The molecule has 1 rings (SSSR count). The predicted octanol–water partition coefficient (Wildman–Crippen LogP) is -1.09. The van der Waals surface area contributed by atoms with Gasteiger partial charge >= 0.3 is 5.97 Å². The monoisotopic (exact) mass is 307 g/mol. The first kappa shape index (κ1) is 16.6. The zero-order chi connectivity index (χ0) is 15.0. The maximum absolute atomic E-state index is 11.8. The van der Waals surface area contributed by atoms with Gasteiger partial charge in [0.25, 0.3) is 0 Å². The maximum Gasteiger partial charge on any atom is 0.325 e. The van der Waals surface area contributed by atoms with Gasteiger partial charge < -0.3 is 14.6 Å². The van der Waals surface area contributed by atoms with Gasteiger partial charge in [-0.1, -0.05) is 0 Å². The lowest BCUT2D eigenvalue weighted by atomic mass is 10.6. The van der Waals surface area contributed by atoms with Crippen molar-refractivity contribution in [2.75, 3.05) is 33.5 Å². The van der Waals surface area contributed by atoms with E-state index in [0.717, 1.165) is 17.1 Å². The van der Waals surface area contributed by atoms with Crippen molar-refractivity contribution in [3.63, 3.8) is 0 Å². The molecule has 0 aromatic carbocycles. The highest BCUT2D eigenvalue weighted by Crippen LogP contribution is 2.06. The summed E-state index contributed by atoms with van der Waals surface area (Å²) in [6.45, 7) is 0.751. The van der Waals surface area contributed by atoms with Crippen LogP contribution in [0.2, 0.25) is 0 Å². The molecule has 0 saturated carbocycles. The SMILES string of the molecule is COCCOCCNS(=O)(=O)c1cnn(CC(=O)O)c1. The third-order valence-electron chi connectivity index (χ3n) is 2.19. The van der Waals surface area contributed by atoms with Crippen LogP contribution in [0, 0.1) is 0 Å². The van der Waals surface area contributed by atoms with Crippen LogP contribution in [-0.4, -0.2) is 62.7 Å². The minimum absolute atomic E-state index is 0.0874. The molecule has 1 aromatic rings. The number of methoxy groups -OCH3 is 1. The molecule has 1 aromatic heterocycles. The Hall–Kier alpha value is -1.49. The molecule has 0 unspecified atom stereocenters. The highest BCUT2D eigenvalue weighted by Gasteiger charge is 2.16. The van der Waals surface area contributed by atoms with E-state index in [2.05, 4.69) is 9.82 Å². The van der Waals surface area contributed by atoms with Gasteiger partial charge in [-0.3, -0.25) is 9.48 Å².